The fraction of sp³-hybridized carbons (Fsp3) is 0.0909. The number of nitrogens with zero attached hydrogens (tertiary/aromatic N) is 1. The van der Waals surface area contributed by atoms with Gasteiger partial charge in [-0.25, -0.2) is 9.78 Å². The monoisotopic (exact) mass is 297 g/mol. The van der Waals surface area contributed by atoms with E-state index in [1.165, 1.54) is 11.3 Å². The summed E-state index contributed by atoms with van der Waals surface area (Å²) < 4.78 is 0.888. The zero-order valence-corrected chi connectivity index (χ0v) is 10.8. The van der Waals surface area contributed by atoms with E-state index in [0.29, 0.717) is 4.88 Å². The molecule has 0 spiro atoms. The normalized spacial score (nSPS) is 10.4. The first-order valence-electron chi connectivity index (χ1n) is 4.53. The van der Waals surface area contributed by atoms with Gasteiger partial charge in [-0.15, -0.1) is 11.3 Å². The second kappa shape index (κ2) is 4.35. The molecule has 0 unspecified atom stereocenters. The van der Waals surface area contributed by atoms with Gasteiger partial charge in [0.2, 0.25) is 0 Å². The zero-order chi connectivity index (χ0) is 11.7. The van der Waals surface area contributed by atoms with Gasteiger partial charge in [0.25, 0.3) is 0 Å². The van der Waals surface area contributed by atoms with E-state index in [0.717, 1.165) is 15.6 Å². The van der Waals surface area contributed by atoms with Gasteiger partial charge in [0.1, 0.15) is 0 Å². The Balaban J connectivity index is 2.59. The Morgan fingerprint density at radius 2 is 2.25 bits per heavy atom. The number of halogens is 1. The van der Waals surface area contributed by atoms with Crippen molar-refractivity contribution in [3.8, 4) is 10.4 Å². The van der Waals surface area contributed by atoms with E-state index in [9.17, 15) is 4.79 Å². The summed E-state index contributed by atoms with van der Waals surface area (Å²) in [4.78, 5) is 15.5. The Morgan fingerprint density at radius 1 is 1.50 bits per heavy atom. The minimum absolute atomic E-state index is 0.106. The first kappa shape index (κ1) is 11.3. The Labute approximate surface area is 105 Å². The minimum Gasteiger partial charge on any atom is -0.476 e. The molecule has 1 aromatic heterocycles. The molecule has 0 aliphatic rings. The van der Waals surface area contributed by atoms with E-state index in [2.05, 4.69) is 20.9 Å². The molecule has 1 N–H and O–H groups in total. The van der Waals surface area contributed by atoms with E-state index < -0.39 is 5.97 Å². The van der Waals surface area contributed by atoms with Crippen LogP contribution in [0, 0.1) is 6.92 Å². The molecule has 2 rings (SSSR count). The van der Waals surface area contributed by atoms with Crippen molar-refractivity contribution in [2.45, 2.75) is 6.92 Å². The summed E-state index contributed by atoms with van der Waals surface area (Å²) >= 11 is 4.77. The van der Waals surface area contributed by atoms with Crippen molar-refractivity contribution in [1.82, 2.24) is 4.98 Å². The van der Waals surface area contributed by atoms with Crippen LogP contribution in [0.5, 0.6) is 0 Å². The number of hydrogen-bond donors (Lipinski definition) is 1. The lowest BCUT2D eigenvalue weighted by Crippen LogP contribution is -1.98. The molecule has 0 atom stereocenters. The largest absolute Gasteiger partial charge is 0.476 e. The number of hydrogen-bond acceptors (Lipinski definition) is 3. The first-order chi connectivity index (χ1) is 7.59. The summed E-state index contributed by atoms with van der Waals surface area (Å²) in [5, 5.41) is 8.99. The summed E-state index contributed by atoms with van der Waals surface area (Å²) in [7, 11) is 0. The van der Waals surface area contributed by atoms with Crippen LogP contribution in [0.2, 0.25) is 0 Å². The quantitative estimate of drug-likeness (QED) is 0.922. The molecule has 0 saturated carbocycles. The molecular weight excluding hydrogens is 290 g/mol. The maximum atomic E-state index is 11.0. The van der Waals surface area contributed by atoms with E-state index in [4.69, 9.17) is 5.11 Å². The molecule has 3 nitrogen and oxygen atoms in total. The van der Waals surface area contributed by atoms with Gasteiger partial charge in [-0.3, -0.25) is 0 Å². The second-order valence-corrected chi connectivity index (χ2v) is 5.03. The molecule has 0 saturated heterocycles. The third kappa shape index (κ3) is 2.01. The van der Waals surface area contributed by atoms with Crippen LogP contribution >= 0.6 is 27.3 Å². The van der Waals surface area contributed by atoms with Gasteiger partial charge in [-0.05, 0) is 18.6 Å². The second-order valence-electron chi connectivity index (χ2n) is 3.32. The zero-order valence-electron chi connectivity index (χ0n) is 8.40. The van der Waals surface area contributed by atoms with Crippen LogP contribution in [0.4, 0.5) is 0 Å². The van der Waals surface area contributed by atoms with Crippen LogP contribution in [0.25, 0.3) is 10.4 Å². The van der Waals surface area contributed by atoms with E-state index in [1.807, 2.05) is 25.1 Å². The average Bonchev–Trinajstić information content (AvgIpc) is 2.66. The van der Waals surface area contributed by atoms with Crippen molar-refractivity contribution in [3.63, 3.8) is 0 Å². The molecule has 0 amide bonds. The topological polar surface area (TPSA) is 50.2 Å². The van der Waals surface area contributed by atoms with Crippen LogP contribution in [0.3, 0.4) is 0 Å². The molecule has 0 aliphatic heterocycles. The van der Waals surface area contributed by atoms with Gasteiger partial charge >= 0.3 is 5.97 Å². The highest BCUT2D eigenvalue weighted by Crippen LogP contribution is 2.34. The minimum atomic E-state index is -0.997. The van der Waals surface area contributed by atoms with Crippen LogP contribution in [0.1, 0.15) is 16.1 Å². The summed E-state index contributed by atoms with van der Waals surface area (Å²) in [6.07, 6.45) is 0. The SMILES string of the molecule is Cc1ccc(-c2scnc2C(=O)O)c(Br)c1. The Bertz CT molecular complexity index is 551. The summed E-state index contributed by atoms with van der Waals surface area (Å²) in [5.74, 6) is -0.997. The van der Waals surface area contributed by atoms with Crippen molar-refractivity contribution in [2.24, 2.45) is 0 Å². The standard InChI is InChI=1S/C11H8BrNO2S/c1-6-2-3-7(8(12)4-6)10-9(11(14)15)13-5-16-10/h2-5H,1H3,(H,14,15). The van der Waals surface area contributed by atoms with E-state index in [1.54, 1.807) is 5.51 Å². The van der Waals surface area contributed by atoms with Crippen molar-refractivity contribution >= 4 is 33.2 Å². The number of aromatic carboxylic acids is 1. The van der Waals surface area contributed by atoms with Crippen LogP contribution in [0.15, 0.2) is 28.2 Å². The van der Waals surface area contributed by atoms with Gasteiger partial charge in [0.15, 0.2) is 5.69 Å². The molecule has 16 heavy (non-hydrogen) atoms. The lowest BCUT2D eigenvalue weighted by Gasteiger charge is -2.03. The van der Waals surface area contributed by atoms with Crippen molar-refractivity contribution < 1.29 is 9.90 Å². The van der Waals surface area contributed by atoms with Gasteiger partial charge in [0, 0.05) is 10.0 Å². The van der Waals surface area contributed by atoms with Crippen molar-refractivity contribution in [1.29, 1.82) is 0 Å². The molecule has 1 aromatic carbocycles. The Kier molecular flexibility index (Phi) is 3.07. The predicted octanol–water partition coefficient (Wildman–Crippen LogP) is 3.58. The van der Waals surface area contributed by atoms with Gasteiger partial charge < -0.3 is 5.11 Å². The fourth-order valence-corrected chi connectivity index (χ4v) is 3.04. The van der Waals surface area contributed by atoms with E-state index >= 15 is 0 Å². The maximum absolute atomic E-state index is 11.0. The summed E-state index contributed by atoms with van der Waals surface area (Å²) in [6.45, 7) is 1.99. The van der Waals surface area contributed by atoms with E-state index in [-0.39, 0.29) is 5.69 Å². The smallest absolute Gasteiger partial charge is 0.356 e. The predicted molar refractivity (Wildman–Crippen MR) is 66.9 cm³/mol. The number of rotatable bonds is 2. The van der Waals surface area contributed by atoms with Crippen LogP contribution in [-0.2, 0) is 0 Å². The molecule has 1 heterocycles. The highest BCUT2D eigenvalue weighted by atomic mass is 79.9. The highest BCUT2D eigenvalue weighted by molar-refractivity contribution is 9.10. The number of benzene rings is 1. The Hall–Kier alpha value is -1.20. The number of carbonyl (C=O) groups is 1. The molecule has 0 fully saturated rings. The Morgan fingerprint density at radius 3 is 2.88 bits per heavy atom. The fourth-order valence-electron chi connectivity index (χ4n) is 1.39. The number of aromatic nitrogens is 1. The lowest BCUT2D eigenvalue weighted by atomic mass is 10.1. The third-order valence-electron chi connectivity index (χ3n) is 2.14. The van der Waals surface area contributed by atoms with Crippen molar-refractivity contribution in [2.75, 3.05) is 0 Å². The van der Waals surface area contributed by atoms with Crippen LogP contribution < -0.4 is 0 Å². The lowest BCUT2D eigenvalue weighted by molar-refractivity contribution is 0.0692. The molecule has 2 aromatic rings. The molecule has 0 bridgehead atoms. The number of thiazole rings is 1. The summed E-state index contributed by atoms with van der Waals surface area (Å²) in [6, 6.07) is 5.81. The van der Waals surface area contributed by atoms with Crippen LogP contribution in [-0.4, -0.2) is 16.1 Å². The average molecular weight is 298 g/mol. The van der Waals surface area contributed by atoms with Gasteiger partial charge in [-0.2, -0.15) is 0 Å². The molecular formula is C11H8BrNO2S. The molecule has 0 aliphatic carbocycles. The number of carboxylic acid groups (broad SMARTS) is 1. The number of aryl methyl sites for hydroxylation is 1. The molecule has 82 valence electrons. The molecule has 5 heteroatoms. The first-order valence-corrected chi connectivity index (χ1v) is 6.20. The van der Waals surface area contributed by atoms with Crippen molar-refractivity contribution in [3.05, 3.63) is 39.4 Å². The number of carboxylic acids is 1. The molecule has 0 radical (unpaired) electrons. The maximum Gasteiger partial charge on any atom is 0.356 e. The third-order valence-corrected chi connectivity index (χ3v) is 3.66. The van der Waals surface area contributed by atoms with Gasteiger partial charge in [-0.1, -0.05) is 28.1 Å². The highest BCUT2D eigenvalue weighted by Gasteiger charge is 2.16. The summed E-state index contributed by atoms with van der Waals surface area (Å²) in [5.41, 5.74) is 3.64. The van der Waals surface area contributed by atoms with Gasteiger partial charge in [0.05, 0.1) is 10.4 Å².